The number of likely N-dealkylation sites (tertiary alicyclic amines) is 1. The predicted molar refractivity (Wildman–Crippen MR) is 127 cm³/mol. The molecule has 190 valence electrons. The second-order valence-electron chi connectivity index (χ2n) is 8.60. The van der Waals surface area contributed by atoms with Crippen LogP contribution in [0.1, 0.15) is 12.0 Å². The normalized spacial score (nSPS) is 16.7. The molecule has 0 unspecified atom stereocenters. The Labute approximate surface area is 228 Å². The molecule has 1 fully saturated rings. The van der Waals surface area contributed by atoms with Gasteiger partial charge in [-0.15, -0.1) is 0 Å². The molecule has 0 bridgehead atoms. The van der Waals surface area contributed by atoms with Crippen molar-refractivity contribution in [2.45, 2.75) is 18.9 Å². The van der Waals surface area contributed by atoms with Crippen molar-refractivity contribution in [1.29, 1.82) is 0 Å². The van der Waals surface area contributed by atoms with E-state index >= 15 is 0 Å². The topological polar surface area (TPSA) is 56.8 Å². The third-order valence-electron chi connectivity index (χ3n) is 6.08. The molecule has 1 N–H and O–H groups in total. The van der Waals surface area contributed by atoms with Gasteiger partial charge in [-0.25, -0.2) is 27.5 Å². The van der Waals surface area contributed by atoms with Crippen molar-refractivity contribution in [1.82, 2.24) is 14.8 Å². The number of hydrogen-bond donors (Lipinski definition) is 1. The van der Waals surface area contributed by atoms with Gasteiger partial charge in [-0.2, -0.15) is 4.57 Å². The van der Waals surface area contributed by atoms with Crippen molar-refractivity contribution in [2.24, 2.45) is 12.0 Å². The van der Waals surface area contributed by atoms with Crippen LogP contribution in [0, 0.1) is 5.82 Å². The number of imidazole rings is 1. The second kappa shape index (κ2) is 10.7. The van der Waals surface area contributed by atoms with E-state index in [0.29, 0.717) is 47.3 Å². The molecular weight excluding hydrogens is 608 g/mol. The van der Waals surface area contributed by atoms with E-state index < -0.39 is 18.8 Å². The van der Waals surface area contributed by atoms with Crippen LogP contribution in [0.5, 0.6) is 0 Å². The summed E-state index contributed by atoms with van der Waals surface area (Å²) in [5, 5.41) is 3.78. The number of benzene rings is 2. The van der Waals surface area contributed by atoms with Crippen molar-refractivity contribution in [3.8, 4) is 0 Å². The average molecular weight is 631 g/mol. The number of hydrogen-bond acceptors (Lipinski definition) is 4. The summed E-state index contributed by atoms with van der Waals surface area (Å²) < 4.78 is 44.5. The van der Waals surface area contributed by atoms with Crippen molar-refractivity contribution in [3.05, 3.63) is 71.5 Å². The van der Waals surface area contributed by atoms with Gasteiger partial charge in [-0.1, -0.05) is 11.6 Å². The van der Waals surface area contributed by atoms with Crippen LogP contribution < -0.4 is 38.8 Å². The molecule has 12 heteroatoms. The summed E-state index contributed by atoms with van der Waals surface area (Å²) in [4.78, 5) is 20.6. The maximum atomic E-state index is 14.1. The smallest absolute Gasteiger partial charge is 0.415 e. The molecule has 2 aromatic carbocycles. The van der Waals surface area contributed by atoms with Gasteiger partial charge in [0.1, 0.15) is 24.0 Å². The molecular formula is C24H23ClF3IN6O. The van der Waals surface area contributed by atoms with Crippen LogP contribution in [0.25, 0.3) is 0 Å². The number of nitrogens with one attached hydrogen (secondary N) is 1. The molecule has 3 aromatic rings. The zero-order chi connectivity index (χ0) is 24.7. The molecule has 1 aromatic heterocycles. The third kappa shape index (κ3) is 5.31. The maximum Gasteiger partial charge on any atom is 0.415 e. The summed E-state index contributed by atoms with van der Waals surface area (Å²) in [7, 11) is 1.84. The molecule has 1 saturated heterocycles. The summed E-state index contributed by atoms with van der Waals surface area (Å²) in [6.07, 6.45) is 3.20. The van der Waals surface area contributed by atoms with E-state index in [2.05, 4.69) is 10.3 Å². The number of nitrogens with zero attached hydrogens (tertiary/aromatic N) is 5. The van der Waals surface area contributed by atoms with Gasteiger partial charge in [0.25, 0.3) is 12.8 Å². The van der Waals surface area contributed by atoms with Crippen molar-refractivity contribution in [3.63, 3.8) is 0 Å². The minimum absolute atomic E-state index is 0. The standard InChI is InChI=1S/C24H23ClF3N6O.HI/c1-31-8-9-33(14-31)24(35)32-7-6-17(12-32)29-23-18-10-15(25)2-4-20(18)34(13-22(27)28)21-5-3-16(26)11-19(21)30-23;/h2-5,8-11,14,17,22H,6-7,12-13H2,1H3,(H,29,30);1H/q+1;/p-1/t17-;/m0./s1. The van der Waals surface area contributed by atoms with Crippen LogP contribution in [-0.4, -0.2) is 53.4 Å². The molecule has 0 spiro atoms. The number of carbonyl (C=O) groups excluding carboxylic acids is 1. The zero-order valence-corrected chi connectivity index (χ0v) is 22.1. The molecule has 1 atom stereocenters. The lowest BCUT2D eigenvalue weighted by atomic mass is 10.1. The number of fused-ring (bicyclic) bond motifs is 2. The van der Waals surface area contributed by atoms with Gasteiger partial charge in [0, 0.05) is 35.8 Å². The lowest BCUT2D eigenvalue weighted by Crippen LogP contribution is -3.00. The molecule has 5 rings (SSSR count). The molecule has 0 aliphatic carbocycles. The van der Waals surface area contributed by atoms with E-state index in [0.717, 1.165) is 0 Å². The Bertz CT molecular complexity index is 1320. The van der Waals surface area contributed by atoms with Crippen molar-refractivity contribution in [2.75, 3.05) is 24.5 Å². The lowest BCUT2D eigenvalue weighted by Gasteiger charge is -2.26. The van der Waals surface area contributed by atoms with E-state index in [1.54, 1.807) is 46.4 Å². The SMILES string of the molecule is C[n+]1ccn(C(=O)N2CC[C@H](NC3=Nc4cc(F)ccc4N(CC(F)F)c4ccc(Cl)cc43)C2)c1.[I-]. The van der Waals surface area contributed by atoms with E-state index in [1.165, 1.54) is 27.7 Å². The highest BCUT2D eigenvalue weighted by Crippen LogP contribution is 2.41. The number of amidine groups is 1. The number of amides is 1. The predicted octanol–water partition coefficient (Wildman–Crippen LogP) is 1.24. The van der Waals surface area contributed by atoms with Gasteiger partial charge in [0.2, 0.25) is 0 Å². The van der Waals surface area contributed by atoms with Crippen LogP contribution in [0.3, 0.4) is 0 Å². The Kier molecular flexibility index (Phi) is 7.79. The fraction of sp³-hybridized carbons (Fsp3) is 0.292. The van der Waals surface area contributed by atoms with Gasteiger partial charge >= 0.3 is 6.03 Å². The molecule has 3 heterocycles. The Hall–Kier alpha value is -2.80. The third-order valence-corrected chi connectivity index (χ3v) is 6.31. The fourth-order valence-corrected chi connectivity index (χ4v) is 4.65. The first kappa shape index (κ1) is 26.3. The van der Waals surface area contributed by atoms with Crippen LogP contribution in [0.4, 0.5) is 35.0 Å². The molecule has 1 amide bonds. The number of aromatic nitrogens is 2. The van der Waals surface area contributed by atoms with E-state index in [-0.39, 0.29) is 41.7 Å². The molecule has 7 nitrogen and oxygen atoms in total. The van der Waals surface area contributed by atoms with E-state index in [9.17, 15) is 18.0 Å². The highest BCUT2D eigenvalue weighted by Gasteiger charge is 2.32. The number of alkyl halides is 2. The van der Waals surface area contributed by atoms with Gasteiger partial charge in [0.05, 0.1) is 30.7 Å². The van der Waals surface area contributed by atoms with Gasteiger partial charge < -0.3 is 39.1 Å². The first-order chi connectivity index (χ1) is 16.8. The number of aryl methyl sites for hydroxylation is 1. The Morgan fingerprint density at radius 1 is 1.25 bits per heavy atom. The summed E-state index contributed by atoms with van der Waals surface area (Å²) >= 11 is 6.27. The van der Waals surface area contributed by atoms with E-state index in [4.69, 9.17) is 11.6 Å². The second-order valence-corrected chi connectivity index (χ2v) is 9.04. The molecule has 0 radical (unpaired) electrons. The minimum atomic E-state index is -2.63. The lowest BCUT2D eigenvalue weighted by molar-refractivity contribution is -0.670. The molecule has 2 aliphatic heterocycles. The largest absolute Gasteiger partial charge is 1.00 e. The Balaban J connectivity index is 0.00000304. The fourth-order valence-electron chi connectivity index (χ4n) is 4.47. The highest BCUT2D eigenvalue weighted by molar-refractivity contribution is 6.31. The highest BCUT2D eigenvalue weighted by atomic mass is 127. The summed E-state index contributed by atoms with van der Waals surface area (Å²) in [6, 6.07) is 8.54. The number of anilines is 2. The van der Waals surface area contributed by atoms with Crippen LogP contribution in [0.15, 0.2) is 60.1 Å². The number of halogens is 5. The molecule has 36 heavy (non-hydrogen) atoms. The van der Waals surface area contributed by atoms with Crippen LogP contribution in [0.2, 0.25) is 5.02 Å². The van der Waals surface area contributed by atoms with Gasteiger partial charge in [-0.3, -0.25) is 0 Å². The number of aliphatic imine (C=N–C) groups is 1. The van der Waals surface area contributed by atoms with Crippen LogP contribution >= 0.6 is 11.6 Å². The maximum absolute atomic E-state index is 14.1. The quantitative estimate of drug-likeness (QED) is 0.350. The number of rotatable bonds is 3. The first-order valence-corrected chi connectivity index (χ1v) is 11.5. The van der Waals surface area contributed by atoms with Crippen LogP contribution in [-0.2, 0) is 7.05 Å². The summed E-state index contributed by atoms with van der Waals surface area (Å²) in [5.74, 6) is -0.136. The zero-order valence-electron chi connectivity index (χ0n) is 19.2. The summed E-state index contributed by atoms with van der Waals surface area (Å²) in [6.45, 7) is 0.374. The Morgan fingerprint density at radius 2 is 2.03 bits per heavy atom. The average Bonchev–Trinajstić information content (AvgIpc) is 3.43. The molecule has 2 aliphatic rings. The first-order valence-electron chi connectivity index (χ1n) is 11.1. The minimum Gasteiger partial charge on any atom is -1.00 e. The van der Waals surface area contributed by atoms with Crippen molar-refractivity contribution >= 4 is 40.5 Å². The number of carbonyl (C=O) groups is 1. The van der Waals surface area contributed by atoms with Gasteiger partial charge in [0.15, 0.2) is 0 Å². The van der Waals surface area contributed by atoms with E-state index in [1.807, 2.05) is 7.05 Å². The van der Waals surface area contributed by atoms with Crippen molar-refractivity contribution < 1.29 is 46.5 Å². The molecule has 0 saturated carbocycles. The van der Waals surface area contributed by atoms with Gasteiger partial charge in [-0.05, 0) is 36.8 Å². The Morgan fingerprint density at radius 3 is 2.75 bits per heavy atom. The summed E-state index contributed by atoms with van der Waals surface area (Å²) in [5.41, 5.74) is 1.61. The monoisotopic (exact) mass is 630 g/mol.